The van der Waals surface area contributed by atoms with Crippen molar-refractivity contribution in [2.45, 2.75) is 27.2 Å². The molecule has 0 aliphatic heterocycles. The molecule has 3 aromatic rings. The fraction of sp³-hybridized carbons (Fsp3) is 0.200. The van der Waals surface area contributed by atoms with E-state index in [0.29, 0.717) is 6.42 Å². The van der Waals surface area contributed by atoms with Gasteiger partial charge in [0.15, 0.2) is 0 Å². The van der Waals surface area contributed by atoms with Gasteiger partial charge in [0.2, 0.25) is 5.91 Å². The molecule has 1 amide bonds. The van der Waals surface area contributed by atoms with Crippen LogP contribution in [0.15, 0.2) is 47.8 Å². The van der Waals surface area contributed by atoms with Crippen LogP contribution in [0.2, 0.25) is 0 Å². The second-order valence-corrected chi connectivity index (χ2v) is 6.93. The van der Waals surface area contributed by atoms with E-state index in [1.54, 1.807) is 0 Å². The SMILES string of the molecule is Cc1cc(C)c(-c2csc(CC(=O)Nc3ccccc3)n2)c(C)c1. The maximum absolute atomic E-state index is 12.2. The number of nitrogens with one attached hydrogen (secondary N) is 1. The van der Waals surface area contributed by atoms with Crippen LogP contribution in [0.25, 0.3) is 11.3 Å². The molecule has 4 heteroatoms. The van der Waals surface area contributed by atoms with E-state index in [0.717, 1.165) is 16.4 Å². The van der Waals surface area contributed by atoms with Crippen LogP contribution >= 0.6 is 11.3 Å². The number of aryl methyl sites for hydroxylation is 3. The van der Waals surface area contributed by atoms with Crippen LogP contribution in [0.3, 0.4) is 0 Å². The first kappa shape index (κ1) is 16.4. The van der Waals surface area contributed by atoms with Crippen molar-refractivity contribution in [1.29, 1.82) is 0 Å². The summed E-state index contributed by atoms with van der Waals surface area (Å²) in [5.74, 6) is -0.0422. The Morgan fingerprint density at radius 1 is 1.08 bits per heavy atom. The predicted octanol–water partition coefficient (Wildman–Crippen LogP) is 4.92. The number of nitrogens with zero attached hydrogens (tertiary/aromatic N) is 1. The molecule has 0 saturated heterocycles. The van der Waals surface area contributed by atoms with Crippen molar-refractivity contribution in [1.82, 2.24) is 4.98 Å². The average Bonchev–Trinajstić information content (AvgIpc) is 2.95. The molecular weight excluding hydrogens is 316 g/mol. The fourth-order valence-corrected chi connectivity index (χ4v) is 3.74. The Balaban J connectivity index is 1.76. The van der Waals surface area contributed by atoms with Gasteiger partial charge in [-0.05, 0) is 44.0 Å². The molecule has 0 atom stereocenters. The van der Waals surface area contributed by atoms with Gasteiger partial charge in [0.05, 0.1) is 12.1 Å². The molecule has 1 N–H and O–H groups in total. The van der Waals surface area contributed by atoms with E-state index in [2.05, 4.69) is 43.2 Å². The molecule has 0 fully saturated rings. The summed E-state index contributed by atoms with van der Waals surface area (Å²) in [5, 5.41) is 5.77. The summed E-state index contributed by atoms with van der Waals surface area (Å²) in [6.07, 6.45) is 0.295. The summed E-state index contributed by atoms with van der Waals surface area (Å²) < 4.78 is 0. The molecular formula is C20H20N2OS. The first-order chi connectivity index (χ1) is 11.5. The van der Waals surface area contributed by atoms with E-state index in [9.17, 15) is 4.79 Å². The molecule has 3 nitrogen and oxygen atoms in total. The summed E-state index contributed by atoms with van der Waals surface area (Å²) in [4.78, 5) is 16.8. The maximum Gasteiger partial charge on any atom is 0.231 e. The van der Waals surface area contributed by atoms with Crippen molar-refractivity contribution >= 4 is 22.9 Å². The molecule has 2 aromatic carbocycles. The van der Waals surface area contributed by atoms with Crippen molar-refractivity contribution in [3.05, 3.63) is 69.5 Å². The Labute approximate surface area is 146 Å². The Morgan fingerprint density at radius 3 is 2.42 bits per heavy atom. The van der Waals surface area contributed by atoms with Gasteiger partial charge in [0.25, 0.3) is 0 Å². The highest BCUT2D eigenvalue weighted by molar-refractivity contribution is 7.10. The number of carbonyl (C=O) groups is 1. The average molecular weight is 336 g/mol. The van der Waals surface area contributed by atoms with Gasteiger partial charge in [-0.1, -0.05) is 35.9 Å². The van der Waals surface area contributed by atoms with Crippen LogP contribution in [-0.4, -0.2) is 10.9 Å². The molecule has 0 unspecified atom stereocenters. The van der Waals surface area contributed by atoms with Crippen LogP contribution in [0.4, 0.5) is 5.69 Å². The standard InChI is InChI=1S/C20H20N2OS/c1-13-9-14(2)20(15(3)10-13)17-12-24-19(22-17)11-18(23)21-16-7-5-4-6-8-16/h4-10,12H,11H2,1-3H3,(H,21,23). The third kappa shape index (κ3) is 3.71. The van der Waals surface area contributed by atoms with E-state index in [4.69, 9.17) is 0 Å². The molecule has 0 saturated carbocycles. The van der Waals surface area contributed by atoms with Crippen molar-refractivity contribution < 1.29 is 4.79 Å². The van der Waals surface area contributed by atoms with Gasteiger partial charge in [-0.15, -0.1) is 11.3 Å². The third-order valence-electron chi connectivity index (χ3n) is 3.85. The van der Waals surface area contributed by atoms with Gasteiger partial charge in [-0.2, -0.15) is 0 Å². The minimum absolute atomic E-state index is 0.0422. The molecule has 24 heavy (non-hydrogen) atoms. The summed E-state index contributed by atoms with van der Waals surface area (Å²) >= 11 is 1.53. The number of amides is 1. The summed E-state index contributed by atoms with van der Waals surface area (Å²) in [6, 6.07) is 13.8. The van der Waals surface area contributed by atoms with Gasteiger partial charge in [-0.3, -0.25) is 4.79 Å². The van der Waals surface area contributed by atoms with Crippen LogP contribution in [0, 0.1) is 20.8 Å². The number of aromatic nitrogens is 1. The van der Waals surface area contributed by atoms with Crippen molar-refractivity contribution in [2.75, 3.05) is 5.32 Å². The number of carbonyl (C=O) groups excluding carboxylic acids is 1. The van der Waals surface area contributed by atoms with E-state index in [-0.39, 0.29) is 5.91 Å². The second kappa shape index (κ2) is 6.97. The highest BCUT2D eigenvalue weighted by Crippen LogP contribution is 2.29. The van der Waals surface area contributed by atoms with Crippen LogP contribution in [-0.2, 0) is 11.2 Å². The zero-order valence-electron chi connectivity index (χ0n) is 14.1. The van der Waals surface area contributed by atoms with E-state index < -0.39 is 0 Å². The quantitative estimate of drug-likeness (QED) is 0.735. The lowest BCUT2D eigenvalue weighted by molar-refractivity contribution is -0.115. The number of para-hydroxylation sites is 1. The van der Waals surface area contributed by atoms with Crippen LogP contribution < -0.4 is 5.32 Å². The second-order valence-electron chi connectivity index (χ2n) is 5.99. The topological polar surface area (TPSA) is 42.0 Å². The van der Waals surface area contributed by atoms with Gasteiger partial charge in [-0.25, -0.2) is 4.98 Å². The molecule has 0 bridgehead atoms. The lowest BCUT2D eigenvalue weighted by Crippen LogP contribution is -2.14. The maximum atomic E-state index is 12.2. The minimum Gasteiger partial charge on any atom is -0.326 e. The first-order valence-electron chi connectivity index (χ1n) is 7.90. The van der Waals surface area contributed by atoms with Crippen molar-refractivity contribution in [2.24, 2.45) is 0 Å². The molecule has 1 aromatic heterocycles. The number of rotatable bonds is 4. The molecule has 1 heterocycles. The number of anilines is 1. The molecule has 0 aliphatic carbocycles. The van der Waals surface area contributed by atoms with Gasteiger partial charge < -0.3 is 5.32 Å². The van der Waals surface area contributed by atoms with Gasteiger partial charge in [0.1, 0.15) is 5.01 Å². The number of hydrogen-bond acceptors (Lipinski definition) is 3. The molecule has 0 aliphatic rings. The molecule has 3 rings (SSSR count). The monoisotopic (exact) mass is 336 g/mol. The van der Waals surface area contributed by atoms with Crippen LogP contribution in [0.5, 0.6) is 0 Å². The van der Waals surface area contributed by atoms with Gasteiger partial charge in [0, 0.05) is 16.6 Å². The van der Waals surface area contributed by atoms with Crippen molar-refractivity contribution in [3.8, 4) is 11.3 Å². The third-order valence-corrected chi connectivity index (χ3v) is 4.70. The smallest absolute Gasteiger partial charge is 0.231 e. The zero-order chi connectivity index (χ0) is 17.1. The Bertz CT molecular complexity index is 845. The first-order valence-corrected chi connectivity index (χ1v) is 8.78. The zero-order valence-corrected chi connectivity index (χ0v) is 14.9. The highest BCUT2D eigenvalue weighted by atomic mass is 32.1. The Morgan fingerprint density at radius 2 is 1.75 bits per heavy atom. The number of benzene rings is 2. The molecule has 0 radical (unpaired) electrons. The van der Waals surface area contributed by atoms with E-state index in [1.807, 2.05) is 35.7 Å². The Kier molecular flexibility index (Phi) is 4.76. The lowest BCUT2D eigenvalue weighted by Gasteiger charge is -2.08. The Hall–Kier alpha value is -2.46. The number of thiazole rings is 1. The summed E-state index contributed by atoms with van der Waals surface area (Å²) in [7, 11) is 0. The van der Waals surface area contributed by atoms with Gasteiger partial charge >= 0.3 is 0 Å². The summed E-state index contributed by atoms with van der Waals surface area (Å²) in [6.45, 7) is 6.32. The molecule has 0 spiro atoms. The van der Waals surface area contributed by atoms with Crippen LogP contribution in [0.1, 0.15) is 21.7 Å². The van der Waals surface area contributed by atoms with E-state index >= 15 is 0 Å². The highest BCUT2D eigenvalue weighted by Gasteiger charge is 2.13. The lowest BCUT2D eigenvalue weighted by atomic mass is 9.98. The largest absolute Gasteiger partial charge is 0.326 e. The minimum atomic E-state index is -0.0422. The summed E-state index contributed by atoms with van der Waals surface area (Å²) in [5.41, 5.74) is 6.64. The normalized spacial score (nSPS) is 10.6. The predicted molar refractivity (Wildman–Crippen MR) is 101 cm³/mol. The fourth-order valence-electron chi connectivity index (χ4n) is 2.95. The van der Waals surface area contributed by atoms with E-state index in [1.165, 1.54) is 33.6 Å². The number of hydrogen-bond donors (Lipinski definition) is 1. The van der Waals surface area contributed by atoms with Crippen molar-refractivity contribution in [3.63, 3.8) is 0 Å². The molecule has 122 valence electrons.